The summed E-state index contributed by atoms with van der Waals surface area (Å²) in [6.45, 7) is 5.66. The van der Waals surface area contributed by atoms with Crippen LogP contribution >= 0.6 is 0 Å². The normalized spacial score (nSPS) is 30.6. The molecule has 3 fully saturated rings. The first-order valence-corrected chi connectivity index (χ1v) is 8.07. The molecule has 2 saturated carbocycles. The average molecular weight is 267 g/mol. The Morgan fingerprint density at radius 1 is 1.00 bits per heavy atom. The summed E-state index contributed by atoms with van der Waals surface area (Å²) >= 11 is 0. The van der Waals surface area contributed by atoms with E-state index in [-0.39, 0.29) is 12.1 Å². The van der Waals surface area contributed by atoms with E-state index in [0.717, 1.165) is 25.7 Å². The number of aliphatic hydroxyl groups is 1. The van der Waals surface area contributed by atoms with Crippen molar-refractivity contribution in [2.45, 2.75) is 50.1 Å². The summed E-state index contributed by atoms with van der Waals surface area (Å²) in [5.74, 6) is 0.561. The second-order valence-electron chi connectivity index (χ2n) is 6.92. The quantitative estimate of drug-likeness (QED) is 0.768. The second-order valence-corrected chi connectivity index (χ2v) is 6.92. The fraction of sp³-hybridized carbons (Fsp3) is 1.00. The summed E-state index contributed by atoms with van der Waals surface area (Å²) in [6, 6.07) is 0.853. The number of rotatable bonds is 5. The van der Waals surface area contributed by atoms with Crippen molar-refractivity contribution in [2.75, 3.05) is 39.3 Å². The van der Waals surface area contributed by atoms with Gasteiger partial charge in [-0.25, -0.2) is 0 Å². The van der Waals surface area contributed by atoms with E-state index < -0.39 is 0 Å². The average Bonchev–Trinajstić information content (AvgIpc) is 3.16. The van der Waals surface area contributed by atoms with Crippen LogP contribution in [-0.4, -0.2) is 65.8 Å². The maximum absolute atomic E-state index is 9.59. The zero-order valence-electron chi connectivity index (χ0n) is 12.1. The van der Waals surface area contributed by atoms with E-state index in [0.29, 0.717) is 5.92 Å². The van der Waals surface area contributed by atoms with Crippen molar-refractivity contribution in [3.05, 3.63) is 0 Å². The highest BCUT2D eigenvalue weighted by atomic mass is 16.3. The molecule has 110 valence electrons. The van der Waals surface area contributed by atoms with Gasteiger partial charge in [-0.3, -0.25) is 9.80 Å². The summed E-state index contributed by atoms with van der Waals surface area (Å²) in [7, 11) is 0. The molecule has 0 aromatic rings. The van der Waals surface area contributed by atoms with Gasteiger partial charge in [-0.2, -0.15) is 0 Å². The van der Waals surface area contributed by atoms with E-state index in [9.17, 15) is 5.11 Å². The molecule has 0 amide bonds. The molecule has 1 saturated heterocycles. The molecule has 1 aliphatic heterocycles. The van der Waals surface area contributed by atoms with Crippen LogP contribution in [0.1, 0.15) is 38.5 Å². The smallest absolute Gasteiger partial charge is 0.0626 e. The molecule has 3 N–H and O–H groups in total. The van der Waals surface area contributed by atoms with E-state index in [1.54, 1.807) is 0 Å². The van der Waals surface area contributed by atoms with E-state index >= 15 is 0 Å². The lowest BCUT2D eigenvalue weighted by atomic mass is 9.94. The van der Waals surface area contributed by atoms with Gasteiger partial charge in [0, 0.05) is 38.8 Å². The third-order valence-corrected chi connectivity index (χ3v) is 5.45. The van der Waals surface area contributed by atoms with E-state index in [1.807, 2.05) is 0 Å². The Hall–Kier alpha value is -0.160. The van der Waals surface area contributed by atoms with Gasteiger partial charge in [0.2, 0.25) is 0 Å². The predicted octanol–water partition coefficient (Wildman–Crippen LogP) is 0.646. The van der Waals surface area contributed by atoms with Crippen LogP contribution in [0.15, 0.2) is 0 Å². The lowest BCUT2D eigenvalue weighted by Crippen LogP contribution is -2.59. The van der Waals surface area contributed by atoms with Crippen LogP contribution in [0.2, 0.25) is 0 Å². The van der Waals surface area contributed by atoms with Crippen LogP contribution in [0.3, 0.4) is 0 Å². The second kappa shape index (κ2) is 5.68. The first-order valence-electron chi connectivity index (χ1n) is 8.07. The standard InChI is InChI=1S/C15H29N3O/c16-15(12-19,13-5-6-13)11-17-7-9-18(10-8-17)14-3-1-2-4-14/h13-14,19H,1-12,16H2. The van der Waals surface area contributed by atoms with Gasteiger partial charge in [0.1, 0.15) is 0 Å². The Balaban J connectivity index is 1.47. The predicted molar refractivity (Wildman–Crippen MR) is 77.0 cm³/mol. The molecule has 4 nitrogen and oxygen atoms in total. The van der Waals surface area contributed by atoms with Crippen LogP contribution in [0, 0.1) is 5.92 Å². The molecule has 2 aliphatic carbocycles. The fourth-order valence-corrected chi connectivity index (χ4v) is 3.94. The van der Waals surface area contributed by atoms with Gasteiger partial charge in [-0.1, -0.05) is 12.8 Å². The van der Waals surface area contributed by atoms with Gasteiger partial charge in [-0.15, -0.1) is 0 Å². The van der Waals surface area contributed by atoms with Crippen LogP contribution in [-0.2, 0) is 0 Å². The van der Waals surface area contributed by atoms with Crippen molar-refractivity contribution in [2.24, 2.45) is 11.7 Å². The summed E-state index contributed by atoms with van der Waals surface area (Å²) < 4.78 is 0. The van der Waals surface area contributed by atoms with Gasteiger partial charge >= 0.3 is 0 Å². The molecule has 0 bridgehead atoms. The first-order chi connectivity index (χ1) is 9.21. The highest BCUT2D eigenvalue weighted by Crippen LogP contribution is 2.38. The fourth-order valence-electron chi connectivity index (χ4n) is 3.94. The van der Waals surface area contributed by atoms with E-state index in [4.69, 9.17) is 5.73 Å². The first kappa shape index (κ1) is 13.8. The van der Waals surface area contributed by atoms with Crippen LogP contribution in [0.5, 0.6) is 0 Å². The Morgan fingerprint density at radius 2 is 1.63 bits per heavy atom. The number of hydrogen-bond acceptors (Lipinski definition) is 4. The SMILES string of the molecule is NC(CO)(CN1CCN(C2CCCC2)CC1)C1CC1. The topological polar surface area (TPSA) is 52.7 Å². The molecular weight excluding hydrogens is 238 g/mol. The van der Waals surface area contributed by atoms with Crippen molar-refractivity contribution in [1.29, 1.82) is 0 Å². The Bertz CT molecular complexity index is 294. The zero-order valence-corrected chi connectivity index (χ0v) is 12.1. The molecule has 0 aromatic carbocycles. The lowest BCUT2D eigenvalue weighted by molar-refractivity contribution is 0.0620. The van der Waals surface area contributed by atoms with E-state index in [2.05, 4.69) is 9.80 Å². The summed E-state index contributed by atoms with van der Waals surface area (Å²) in [6.07, 6.45) is 8.06. The molecule has 3 aliphatic rings. The minimum atomic E-state index is -0.338. The number of hydrogen-bond donors (Lipinski definition) is 2. The van der Waals surface area contributed by atoms with Crippen molar-refractivity contribution in [3.8, 4) is 0 Å². The van der Waals surface area contributed by atoms with Gasteiger partial charge in [0.25, 0.3) is 0 Å². The third-order valence-electron chi connectivity index (χ3n) is 5.45. The van der Waals surface area contributed by atoms with Crippen LogP contribution in [0.4, 0.5) is 0 Å². The molecule has 1 atom stereocenters. The van der Waals surface area contributed by atoms with Gasteiger partial charge < -0.3 is 10.8 Å². The number of aliphatic hydroxyl groups excluding tert-OH is 1. The molecule has 1 heterocycles. The highest BCUT2D eigenvalue weighted by Gasteiger charge is 2.43. The number of piperazine rings is 1. The maximum atomic E-state index is 9.59. The molecule has 0 aromatic heterocycles. The minimum absolute atomic E-state index is 0.139. The van der Waals surface area contributed by atoms with Gasteiger partial charge in [0.15, 0.2) is 0 Å². The molecular formula is C15H29N3O. The Labute approximate surface area is 116 Å². The Morgan fingerprint density at radius 3 is 2.16 bits per heavy atom. The van der Waals surface area contributed by atoms with Crippen molar-refractivity contribution < 1.29 is 5.11 Å². The summed E-state index contributed by atoms with van der Waals surface area (Å²) in [4.78, 5) is 5.15. The molecule has 19 heavy (non-hydrogen) atoms. The van der Waals surface area contributed by atoms with Gasteiger partial charge in [0.05, 0.1) is 12.1 Å². The molecule has 0 radical (unpaired) electrons. The number of nitrogens with two attached hydrogens (primary N) is 1. The molecule has 0 spiro atoms. The largest absolute Gasteiger partial charge is 0.394 e. The van der Waals surface area contributed by atoms with Crippen molar-refractivity contribution >= 4 is 0 Å². The summed E-state index contributed by atoms with van der Waals surface area (Å²) in [5.41, 5.74) is 6.05. The molecule has 3 rings (SSSR count). The zero-order chi connectivity index (χ0) is 13.3. The van der Waals surface area contributed by atoms with Gasteiger partial charge in [-0.05, 0) is 31.6 Å². The number of nitrogens with zero attached hydrogens (tertiary/aromatic N) is 2. The molecule has 1 unspecified atom stereocenters. The summed E-state index contributed by atoms with van der Waals surface area (Å²) in [5, 5.41) is 9.59. The van der Waals surface area contributed by atoms with Crippen molar-refractivity contribution in [1.82, 2.24) is 9.80 Å². The van der Waals surface area contributed by atoms with Crippen LogP contribution in [0.25, 0.3) is 0 Å². The monoisotopic (exact) mass is 267 g/mol. The highest BCUT2D eigenvalue weighted by molar-refractivity contribution is 5.01. The molecule has 4 heteroatoms. The van der Waals surface area contributed by atoms with E-state index in [1.165, 1.54) is 51.6 Å². The third kappa shape index (κ3) is 3.13. The maximum Gasteiger partial charge on any atom is 0.0626 e. The lowest BCUT2D eigenvalue weighted by Gasteiger charge is -2.41. The van der Waals surface area contributed by atoms with Crippen LogP contribution < -0.4 is 5.73 Å². The van der Waals surface area contributed by atoms with Crippen molar-refractivity contribution in [3.63, 3.8) is 0 Å². The minimum Gasteiger partial charge on any atom is -0.394 e. The Kier molecular flexibility index (Phi) is 4.13.